The van der Waals surface area contributed by atoms with Gasteiger partial charge in [-0.2, -0.15) is 0 Å². The van der Waals surface area contributed by atoms with E-state index in [4.69, 9.17) is 18.6 Å². The summed E-state index contributed by atoms with van der Waals surface area (Å²) < 4.78 is 22.7. The van der Waals surface area contributed by atoms with E-state index in [1.54, 1.807) is 39.4 Å². The number of carbonyl (C=O) groups excluding carboxylic acids is 3. The summed E-state index contributed by atoms with van der Waals surface area (Å²) in [5, 5.41) is 2.67. The molecular formula is C36H48N4O7. The number of hydrogen-bond acceptors (Lipinski definition) is 10. The molecule has 2 fully saturated rings. The molecule has 2 atom stereocenters. The third-order valence-corrected chi connectivity index (χ3v) is 8.33. The lowest BCUT2D eigenvalue weighted by molar-refractivity contribution is -0.156. The van der Waals surface area contributed by atoms with E-state index in [0.717, 1.165) is 42.6 Å². The Balaban J connectivity index is 1.42. The monoisotopic (exact) mass is 648 g/mol. The molecule has 0 aromatic carbocycles. The number of rotatable bonds is 8. The zero-order valence-corrected chi connectivity index (χ0v) is 28.7. The van der Waals surface area contributed by atoms with E-state index < -0.39 is 17.3 Å². The number of fused-ring (bicyclic) bond motifs is 1. The first kappa shape index (κ1) is 34.3. The SMILES string of the molecule is C[C@@H]1C[C@H](CC(=O)OC(C)(C)C)CN(c2ccncc2CC(=O)c2c(NC(=O)OC(C)(C)C)oc3cc(C4CCOCC4)cnc23)C1. The molecule has 5 heterocycles. The maximum Gasteiger partial charge on any atom is 0.414 e. The van der Waals surface area contributed by atoms with Gasteiger partial charge in [-0.3, -0.25) is 24.9 Å². The van der Waals surface area contributed by atoms with Gasteiger partial charge in [-0.05, 0) is 96.3 Å². The Labute approximate surface area is 276 Å². The zero-order chi connectivity index (χ0) is 33.9. The molecule has 0 radical (unpaired) electrons. The molecule has 3 aromatic rings. The van der Waals surface area contributed by atoms with E-state index in [1.807, 2.05) is 32.9 Å². The van der Waals surface area contributed by atoms with Gasteiger partial charge < -0.3 is 23.5 Å². The van der Waals surface area contributed by atoms with Crippen molar-refractivity contribution in [2.45, 2.75) is 97.7 Å². The Kier molecular flexibility index (Phi) is 10.2. The third-order valence-electron chi connectivity index (χ3n) is 8.33. The molecule has 47 heavy (non-hydrogen) atoms. The molecule has 0 aliphatic carbocycles. The van der Waals surface area contributed by atoms with E-state index in [0.29, 0.717) is 43.2 Å². The highest BCUT2D eigenvalue weighted by Gasteiger charge is 2.31. The van der Waals surface area contributed by atoms with Crippen LogP contribution in [0, 0.1) is 11.8 Å². The highest BCUT2D eigenvalue weighted by Crippen LogP contribution is 2.36. The largest absolute Gasteiger partial charge is 0.460 e. The van der Waals surface area contributed by atoms with Gasteiger partial charge in [0.1, 0.15) is 22.3 Å². The number of piperidine rings is 1. The van der Waals surface area contributed by atoms with E-state index in [-0.39, 0.29) is 41.5 Å². The summed E-state index contributed by atoms with van der Waals surface area (Å²) in [6, 6.07) is 3.82. The second-order valence-corrected chi connectivity index (χ2v) is 14.9. The Morgan fingerprint density at radius 1 is 1.02 bits per heavy atom. The Bertz CT molecular complexity index is 1600. The molecule has 3 aromatic heterocycles. The Hall–Kier alpha value is -3.99. The molecule has 0 spiro atoms. The number of pyridine rings is 2. The number of aromatic nitrogens is 2. The van der Waals surface area contributed by atoms with Crippen molar-refractivity contribution in [1.82, 2.24) is 9.97 Å². The highest BCUT2D eigenvalue weighted by atomic mass is 16.6. The lowest BCUT2D eigenvalue weighted by Crippen LogP contribution is -2.41. The van der Waals surface area contributed by atoms with E-state index in [2.05, 4.69) is 27.1 Å². The van der Waals surface area contributed by atoms with E-state index in [9.17, 15) is 14.4 Å². The van der Waals surface area contributed by atoms with Crippen molar-refractivity contribution in [1.29, 1.82) is 0 Å². The first-order valence-corrected chi connectivity index (χ1v) is 16.6. The summed E-state index contributed by atoms with van der Waals surface area (Å²) in [7, 11) is 0. The molecule has 0 bridgehead atoms. The fourth-order valence-electron chi connectivity index (χ4n) is 6.56. The van der Waals surface area contributed by atoms with Crippen molar-refractivity contribution in [3.05, 3.63) is 47.4 Å². The predicted molar refractivity (Wildman–Crippen MR) is 179 cm³/mol. The number of ketones is 1. The number of ether oxygens (including phenoxy) is 3. The van der Waals surface area contributed by atoms with Gasteiger partial charge in [0.15, 0.2) is 11.4 Å². The first-order valence-electron chi connectivity index (χ1n) is 16.6. The molecule has 254 valence electrons. The minimum Gasteiger partial charge on any atom is -0.460 e. The van der Waals surface area contributed by atoms with Crippen molar-refractivity contribution in [2.24, 2.45) is 11.8 Å². The summed E-state index contributed by atoms with van der Waals surface area (Å²) in [4.78, 5) is 51.0. The number of Topliss-reactive ketones (excluding diaryl/α,β-unsaturated/α-hetero) is 1. The second-order valence-electron chi connectivity index (χ2n) is 14.9. The number of hydrogen-bond donors (Lipinski definition) is 1. The number of nitrogens with zero attached hydrogens (tertiary/aromatic N) is 3. The van der Waals surface area contributed by atoms with Gasteiger partial charge in [0.25, 0.3) is 0 Å². The average molecular weight is 649 g/mol. The molecular weight excluding hydrogens is 600 g/mol. The van der Waals surface area contributed by atoms with Crippen LogP contribution in [0.15, 0.2) is 35.1 Å². The summed E-state index contributed by atoms with van der Waals surface area (Å²) in [5.74, 6) is 0.254. The van der Waals surface area contributed by atoms with Gasteiger partial charge in [0, 0.05) is 62.6 Å². The van der Waals surface area contributed by atoms with Crippen LogP contribution in [0.1, 0.15) is 102 Å². The lowest BCUT2D eigenvalue weighted by Gasteiger charge is -2.38. The summed E-state index contributed by atoms with van der Waals surface area (Å²) in [6.45, 7) is 15.9. The van der Waals surface area contributed by atoms with Crippen LogP contribution < -0.4 is 10.2 Å². The maximum atomic E-state index is 14.2. The fourth-order valence-corrected chi connectivity index (χ4v) is 6.56. The summed E-state index contributed by atoms with van der Waals surface area (Å²) in [5.41, 5.74) is 2.34. The molecule has 2 saturated heterocycles. The fraction of sp³-hybridized carbons (Fsp3) is 0.583. The molecule has 2 aliphatic rings. The number of carbonyl (C=O) groups is 3. The predicted octanol–water partition coefficient (Wildman–Crippen LogP) is 7.08. The molecule has 5 rings (SSSR count). The minimum absolute atomic E-state index is 0.00494. The molecule has 1 amide bonds. The summed E-state index contributed by atoms with van der Waals surface area (Å²) >= 11 is 0. The topological polar surface area (TPSA) is 133 Å². The Morgan fingerprint density at radius 3 is 2.45 bits per heavy atom. The average Bonchev–Trinajstić information content (AvgIpc) is 3.32. The van der Waals surface area contributed by atoms with Crippen molar-refractivity contribution in [3.8, 4) is 0 Å². The van der Waals surface area contributed by atoms with Gasteiger partial charge in [-0.1, -0.05) is 6.92 Å². The van der Waals surface area contributed by atoms with Gasteiger partial charge in [0.2, 0.25) is 5.88 Å². The quantitative estimate of drug-likeness (QED) is 0.199. The third kappa shape index (κ3) is 9.09. The van der Waals surface area contributed by atoms with Crippen LogP contribution >= 0.6 is 0 Å². The molecule has 2 aliphatic heterocycles. The number of nitrogens with one attached hydrogen (secondary N) is 1. The normalized spacial score (nSPS) is 19.4. The minimum atomic E-state index is -0.744. The Morgan fingerprint density at radius 2 is 1.74 bits per heavy atom. The van der Waals surface area contributed by atoms with E-state index >= 15 is 0 Å². The van der Waals surface area contributed by atoms with Gasteiger partial charge in [0.05, 0.1) is 6.42 Å². The highest BCUT2D eigenvalue weighted by molar-refractivity contribution is 6.12. The molecule has 0 unspecified atom stereocenters. The molecule has 11 heteroatoms. The second kappa shape index (κ2) is 14.0. The zero-order valence-electron chi connectivity index (χ0n) is 28.7. The van der Waals surface area contributed by atoms with Crippen molar-refractivity contribution >= 4 is 40.5 Å². The van der Waals surface area contributed by atoms with Crippen LogP contribution in [0.25, 0.3) is 11.1 Å². The molecule has 1 N–H and O–H groups in total. The smallest absolute Gasteiger partial charge is 0.414 e. The standard InChI is InChI=1S/C36H48N4O7/c1-22-14-23(15-30(42)46-35(2,3)4)21-40(20-22)27-8-11-37-18-26(27)16-28(41)31-32-29(45-33(31)39-34(43)47-36(5,6)7)17-25(19-38-32)24-9-12-44-13-10-24/h8,11,17-19,22-24H,9-10,12-16,20-21H2,1-7H3,(H,39,43)/t22-,23-/m1/s1. The van der Waals surface area contributed by atoms with Crippen LogP contribution in [0.3, 0.4) is 0 Å². The van der Waals surface area contributed by atoms with Crippen LogP contribution in [0.5, 0.6) is 0 Å². The van der Waals surface area contributed by atoms with Crippen LogP contribution in [-0.2, 0) is 25.4 Å². The molecule has 11 nitrogen and oxygen atoms in total. The van der Waals surface area contributed by atoms with Crippen molar-refractivity contribution in [2.75, 3.05) is 36.5 Å². The maximum absolute atomic E-state index is 14.2. The number of furan rings is 1. The number of esters is 1. The number of amides is 1. The van der Waals surface area contributed by atoms with Crippen LogP contribution in [0.4, 0.5) is 16.4 Å². The number of anilines is 2. The first-order chi connectivity index (χ1) is 22.1. The van der Waals surface area contributed by atoms with Gasteiger partial charge >= 0.3 is 12.1 Å². The van der Waals surface area contributed by atoms with Crippen molar-refractivity contribution < 1.29 is 33.0 Å². The van der Waals surface area contributed by atoms with Crippen molar-refractivity contribution in [3.63, 3.8) is 0 Å². The summed E-state index contributed by atoms with van der Waals surface area (Å²) in [6.07, 6.45) is 7.49. The van der Waals surface area contributed by atoms with E-state index in [1.165, 1.54) is 0 Å². The van der Waals surface area contributed by atoms with Crippen LogP contribution in [-0.4, -0.2) is 65.3 Å². The van der Waals surface area contributed by atoms with Crippen LogP contribution in [0.2, 0.25) is 0 Å². The van der Waals surface area contributed by atoms with Gasteiger partial charge in [-0.25, -0.2) is 4.79 Å². The lowest BCUT2D eigenvalue weighted by atomic mass is 9.87. The van der Waals surface area contributed by atoms with Gasteiger partial charge in [-0.15, -0.1) is 0 Å². The molecule has 0 saturated carbocycles.